The molecule has 4 aromatic rings. The van der Waals surface area contributed by atoms with Crippen LogP contribution < -0.4 is 4.74 Å². The van der Waals surface area contributed by atoms with E-state index in [0.29, 0.717) is 17.1 Å². The highest BCUT2D eigenvalue weighted by Crippen LogP contribution is 2.38. The van der Waals surface area contributed by atoms with Gasteiger partial charge in [0, 0.05) is 27.4 Å². The summed E-state index contributed by atoms with van der Waals surface area (Å²) in [5, 5.41) is 7.65. The Morgan fingerprint density at radius 2 is 1.79 bits per heavy atom. The summed E-state index contributed by atoms with van der Waals surface area (Å²) in [6.45, 7) is 2.02. The van der Waals surface area contributed by atoms with E-state index in [4.69, 9.17) is 21.4 Å². The van der Waals surface area contributed by atoms with Crippen LogP contribution in [0.25, 0.3) is 10.9 Å². The third-order valence-electron chi connectivity index (χ3n) is 5.95. The number of amides is 1. The molecule has 0 spiro atoms. The van der Waals surface area contributed by atoms with Crippen LogP contribution >= 0.6 is 27.5 Å². The highest BCUT2D eigenvalue weighted by Gasteiger charge is 2.35. The van der Waals surface area contributed by atoms with E-state index in [1.54, 1.807) is 19.2 Å². The maximum atomic E-state index is 13.6. The number of carbonyl (C=O) groups is 1. The van der Waals surface area contributed by atoms with Crippen LogP contribution in [0.3, 0.4) is 0 Å². The molecule has 5 nitrogen and oxygen atoms in total. The minimum atomic E-state index is -0.376. The second kappa shape index (κ2) is 9.20. The minimum absolute atomic E-state index is 0.193. The average molecular weight is 535 g/mol. The Bertz CT molecular complexity index is 1420. The van der Waals surface area contributed by atoms with Gasteiger partial charge in [-0.2, -0.15) is 5.10 Å². The van der Waals surface area contributed by atoms with E-state index >= 15 is 0 Å². The Morgan fingerprint density at radius 1 is 1.06 bits per heavy atom. The van der Waals surface area contributed by atoms with E-state index in [1.165, 1.54) is 5.01 Å². The lowest BCUT2D eigenvalue weighted by Gasteiger charge is -2.23. The summed E-state index contributed by atoms with van der Waals surface area (Å²) in [4.78, 5) is 18.2. The van der Waals surface area contributed by atoms with Gasteiger partial charge in [0.2, 0.25) is 0 Å². The summed E-state index contributed by atoms with van der Waals surface area (Å²) in [6.07, 6.45) is 0.521. The van der Waals surface area contributed by atoms with E-state index in [-0.39, 0.29) is 11.9 Å². The largest absolute Gasteiger partial charge is 0.497 e. The fourth-order valence-corrected chi connectivity index (χ4v) is 4.66. The summed E-state index contributed by atoms with van der Waals surface area (Å²) in [5.74, 6) is 0.569. The van der Waals surface area contributed by atoms with Gasteiger partial charge in [-0.25, -0.2) is 9.99 Å². The lowest BCUT2D eigenvalue weighted by Crippen LogP contribution is -2.27. The van der Waals surface area contributed by atoms with Gasteiger partial charge < -0.3 is 4.74 Å². The zero-order valence-electron chi connectivity index (χ0n) is 18.6. The topological polar surface area (TPSA) is 54.8 Å². The Hall–Kier alpha value is -3.22. The number of hydrazone groups is 1. The van der Waals surface area contributed by atoms with Crippen molar-refractivity contribution >= 4 is 50.1 Å². The van der Waals surface area contributed by atoms with Crippen molar-refractivity contribution in [2.45, 2.75) is 19.4 Å². The summed E-state index contributed by atoms with van der Waals surface area (Å²) in [6, 6.07) is 22.7. The third kappa shape index (κ3) is 4.31. The van der Waals surface area contributed by atoms with Gasteiger partial charge in [-0.3, -0.25) is 4.79 Å². The number of hydrogen-bond donors (Lipinski definition) is 0. The van der Waals surface area contributed by atoms with Crippen molar-refractivity contribution in [1.82, 2.24) is 9.99 Å². The molecule has 34 heavy (non-hydrogen) atoms. The number of pyridine rings is 1. The van der Waals surface area contributed by atoms with Crippen LogP contribution in [0.2, 0.25) is 5.15 Å². The zero-order valence-corrected chi connectivity index (χ0v) is 21.0. The Kier molecular flexibility index (Phi) is 6.11. The normalized spacial score (nSPS) is 15.5. The molecule has 3 aromatic carbocycles. The molecule has 1 aromatic heterocycles. The van der Waals surface area contributed by atoms with Crippen molar-refractivity contribution in [2.24, 2.45) is 5.10 Å². The van der Waals surface area contributed by atoms with Crippen molar-refractivity contribution in [3.8, 4) is 5.75 Å². The number of aromatic nitrogens is 1. The van der Waals surface area contributed by atoms with Gasteiger partial charge >= 0.3 is 0 Å². The molecule has 0 fully saturated rings. The molecule has 0 N–H and O–H groups in total. The van der Waals surface area contributed by atoms with Crippen LogP contribution in [0, 0.1) is 6.92 Å². The second-order valence-electron chi connectivity index (χ2n) is 8.22. The highest BCUT2D eigenvalue weighted by atomic mass is 79.9. The molecule has 2 heterocycles. The number of hydrogen-bond acceptors (Lipinski definition) is 4. The standard InChI is InChI=1S/C27H21BrClN3O2/c1-16-3-4-19-14-22(26(29)30-23(19)13-16)25-15-24(17-7-11-21(34-2)12-8-17)31-32(25)27(33)18-5-9-20(28)10-6-18/h3-14,25H,15H2,1-2H3. The summed E-state index contributed by atoms with van der Waals surface area (Å²) in [5.41, 5.74) is 5.00. The smallest absolute Gasteiger partial charge is 0.274 e. The fraction of sp³-hybridized carbons (Fsp3) is 0.148. The van der Waals surface area contributed by atoms with Crippen molar-refractivity contribution in [3.63, 3.8) is 0 Å². The van der Waals surface area contributed by atoms with Crippen molar-refractivity contribution in [1.29, 1.82) is 0 Å². The first-order valence-corrected chi connectivity index (χ1v) is 12.0. The molecular weight excluding hydrogens is 514 g/mol. The van der Waals surface area contributed by atoms with Gasteiger partial charge in [0.15, 0.2) is 0 Å². The average Bonchev–Trinajstić information content (AvgIpc) is 3.29. The van der Waals surface area contributed by atoms with E-state index < -0.39 is 0 Å². The van der Waals surface area contributed by atoms with Gasteiger partial charge in [0.1, 0.15) is 10.9 Å². The van der Waals surface area contributed by atoms with Crippen molar-refractivity contribution in [2.75, 3.05) is 7.11 Å². The molecule has 0 saturated heterocycles. The minimum Gasteiger partial charge on any atom is -0.497 e. The van der Waals surface area contributed by atoms with Crippen LogP contribution in [0.1, 0.15) is 39.5 Å². The molecule has 5 rings (SSSR count). The summed E-state index contributed by atoms with van der Waals surface area (Å²) < 4.78 is 6.18. The second-order valence-corrected chi connectivity index (χ2v) is 9.49. The molecule has 1 amide bonds. The molecule has 1 atom stereocenters. The van der Waals surface area contributed by atoms with Gasteiger partial charge in [-0.1, -0.05) is 39.7 Å². The quantitative estimate of drug-likeness (QED) is 0.266. The van der Waals surface area contributed by atoms with Crippen molar-refractivity contribution in [3.05, 3.63) is 105 Å². The number of aryl methyl sites for hydroxylation is 1. The van der Waals surface area contributed by atoms with Crippen molar-refractivity contribution < 1.29 is 9.53 Å². The lowest BCUT2D eigenvalue weighted by molar-refractivity contribution is 0.0711. The number of ether oxygens (including phenoxy) is 1. The molecular formula is C27H21BrClN3O2. The predicted octanol–water partition coefficient (Wildman–Crippen LogP) is 6.96. The summed E-state index contributed by atoms with van der Waals surface area (Å²) >= 11 is 10.1. The van der Waals surface area contributed by atoms with Crippen LogP contribution in [0.5, 0.6) is 5.75 Å². The van der Waals surface area contributed by atoms with Gasteiger partial charge in [0.05, 0.1) is 24.4 Å². The van der Waals surface area contributed by atoms with Gasteiger partial charge in [-0.05, 0) is 78.7 Å². The number of carbonyl (C=O) groups excluding carboxylic acids is 1. The Balaban J connectivity index is 1.58. The maximum Gasteiger partial charge on any atom is 0.274 e. The molecule has 0 aliphatic carbocycles. The zero-order chi connectivity index (χ0) is 23.8. The first kappa shape index (κ1) is 22.6. The molecule has 1 aliphatic rings. The number of fused-ring (bicyclic) bond motifs is 1. The Morgan fingerprint density at radius 3 is 2.50 bits per heavy atom. The molecule has 7 heteroatoms. The molecule has 0 bridgehead atoms. The highest BCUT2D eigenvalue weighted by molar-refractivity contribution is 9.10. The van der Waals surface area contributed by atoms with Crippen LogP contribution in [0.15, 0.2) is 82.4 Å². The molecule has 0 saturated carbocycles. The molecule has 1 aliphatic heterocycles. The monoisotopic (exact) mass is 533 g/mol. The Labute approximate surface area is 211 Å². The van der Waals surface area contributed by atoms with Gasteiger partial charge in [-0.15, -0.1) is 0 Å². The number of benzene rings is 3. The van der Waals surface area contributed by atoms with Crippen LogP contribution in [-0.4, -0.2) is 28.7 Å². The van der Waals surface area contributed by atoms with E-state index in [0.717, 1.165) is 43.5 Å². The number of rotatable bonds is 4. The SMILES string of the molecule is COc1ccc(C2=NN(C(=O)c3ccc(Br)cc3)C(c3cc4ccc(C)cc4nc3Cl)C2)cc1. The first-order chi connectivity index (χ1) is 16.4. The third-order valence-corrected chi connectivity index (χ3v) is 6.78. The predicted molar refractivity (Wildman–Crippen MR) is 139 cm³/mol. The van der Waals surface area contributed by atoms with E-state index in [9.17, 15) is 4.79 Å². The number of nitrogens with zero attached hydrogens (tertiary/aromatic N) is 3. The number of halogens is 2. The first-order valence-electron chi connectivity index (χ1n) is 10.8. The molecule has 170 valence electrons. The van der Waals surface area contributed by atoms with Crippen LogP contribution in [0.4, 0.5) is 0 Å². The number of methoxy groups -OCH3 is 1. The van der Waals surface area contributed by atoms with E-state index in [1.807, 2.05) is 67.6 Å². The summed E-state index contributed by atoms with van der Waals surface area (Å²) in [7, 11) is 1.63. The fourth-order valence-electron chi connectivity index (χ4n) is 4.13. The van der Waals surface area contributed by atoms with Crippen LogP contribution in [-0.2, 0) is 0 Å². The van der Waals surface area contributed by atoms with Gasteiger partial charge in [0.25, 0.3) is 5.91 Å². The maximum absolute atomic E-state index is 13.6. The van der Waals surface area contributed by atoms with E-state index in [2.05, 4.69) is 20.9 Å². The lowest BCUT2D eigenvalue weighted by atomic mass is 9.97. The molecule has 1 unspecified atom stereocenters. The molecule has 0 radical (unpaired) electrons.